The van der Waals surface area contributed by atoms with Crippen molar-refractivity contribution in [1.82, 2.24) is 4.98 Å². The molecule has 1 saturated heterocycles. The molecule has 206 valence electrons. The molecule has 1 aliphatic carbocycles. The van der Waals surface area contributed by atoms with Crippen LogP contribution in [0.2, 0.25) is 0 Å². The van der Waals surface area contributed by atoms with Gasteiger partial charge in [-0.2, -0.15) is 0 Å². The van der Waals surface area contributed by atoms with E-state index in [-0.39, 0.29) is 5.41 Å². The molecule has 0 N–H and O–H groups in total. The maximum atomic E-state index is 6.55. The van der Waals surface area contributed by atoms with E-state index >= 15 is 0 Å². The van der Waals surface area contributed by atoms with Crippen LogP contribution in [0.15, 0.2) is 97.1 Å². The Labute approximate surface area is 247 Å². The standard InChI is InChI=1S/C38H34BNO2/c1-36(2)29-18-12-11-17-28(29)35-34(36)33(32-24-14-8-7-13-23(24)19-22-31(32)40-35)27-20-21-30(26-16-10-9-15-25(26)27)39-41-37(3,4)38(5,6)42-39/h7-22H,1-6H3. The summed E-state index contributed by atoms with van der Waals surface area (Å²) in [5.74, 6) is 0. The average Bonchev–Trinajstić information content (AvgIpc) is 3.35. The first kappa shape index (κ1) is 25.7. The minimum atomic E-state index is -0.435. The molecule has 0 amide bonds. The molecular formula is C38H34BNO2. The van der Waals surface area contributed by atoms with Crippen LogP contribution in [0.5, 0.6) is 0 Å². The maximum Gasteiger partial charge on any atom is 0.495 e. The van der Waals surface area contributed by atoms with Crippen molar-refractivity contribution in [2.24, 2.45) is 0 Å². The zero-order valence-electron chi connectivity index (χ0n) is 25.1. The van der Waals surface area contributed by atoms with Gasteiger partial charge < -0.3 is 9.31 Å². The van der Waals surface area contributed by atoms with Gasteiger partial charge in [-0.15, -0.1) is 0 Å². The van der Waals surface area contributed by atoms with E-state index in [1.54, 1.807) is 0 Å². The number of benzene rings is 5. The van der Waals surface area contributed by atoms with Crippen LogP contribution in [-0.2, 0) is 14.7 Å². The van der Waals surface area contributed by atoms with Crippen molar-refractivity contribution in [1.29, 1.82) is 0 Å². The zero-order valence-corrected chi connectivity index (χ0v) is 25.1. The van der Waals surface area contributed by atoms with Crippen molar-refractivity contribution in [3.8, 4) is 22.4 Å². The Balaban J connectivity index is 1.49. The van der Waals surface area contributed by atoms with Crippen molar-refractivity contribution in [3.63, 3.8) is 0 Å². The predicted octanol–water partition coefficient (Wildman–Crippen LogP) is 8.81. The quantitative estimate of drug-likeness (QED) is 0.160. The molecule has 8 rings (SSSR count). The van der Waals surface area contributed by atoms with Crippen LogP contribution >= 0.6 is 0 Å². The van der Waals surface area contributed by atoms with E-state index in [0.717, 1.165) is 22.1 Å². The molecule has 0 unspecified atom stereocenters. The topological polar surface area (TPSA) is 31.4 Å². The summed E-state index contributed by atoms with van der Waals surface area (Å²) >= 11 is 0. The summed E-state index contributed by atoms with van der Waals surface area (Å²) in [5.41, 5.74) is 8.47. The number of fused-ring (bicyclic) bond motifs is 7. The fourth-order valence-electron chi connectivity index (χ4n) is 7.19. The normalized spacial score (nSPS) is 18.1. The van der Waals surface area contributed by atoms with Gasteiger partial charge in [0.25, 0.3) is 0 Å². The molecule has 3 nitrogen and oxygen atoms in total. The molecule has 0 bridgehead atoms. The van der Waals surface area contributed by atoms with Crippen molar-refractivity contribution < 1.29 is 9.31 Å². The van der Waals surface area contributed by atoms with Gasteiger partial charge in [0.2, 0.25) is 0 Å². The van der Waals surface area contributed by atoms with Gasteiger partial charge >= 0.3 is 7.12 Å². The molecule has 42 heavy (non-hydrogen) atoms. The molecule has 1 fully saturated rings. The van der Waals surface area contributed by atoms with Crippen LogP contribution in [0.1, 0.15) is 52.7 Å². The second kappa shape index (κ2) is 8.53. The Hall–Kier alpha value is -3.99. The fraction of sp³-hybridized carbons (Fsp3) is 0.237. The van der Waals surface area contributed by atoms with Gasteiger partial charge in [0.15, 0.2) is 0 Å². The lowest BCUT2D eigenvalue weighted by atomic mass is 9.73. The highest BCUT2D eigenvalue weighted by atomic mass is 16.7. The minimum Gasteiger partial charge on any atom is -0.399 e. The number of hydrogen-bond acceptors (Lipinski definition) is 3. The van der Waals surface area contributed by atoms with E-state index in [1.807, 2.05) is 0 Å². The van der Waals surface area contributed by atoms with Gasteiger partial charge in [-0.25, -0.2) is 4.98 Å². The van der Waals surface area contributed by atoms with E-state index in [1.165, 1.54) is 49.4 Å². The zero-order chi connectivity index (χ0) is 29.0. The average molecular weight is 548 g/mol. The van der Waals surface area contributed by atoms with Crippen LogP contribution in [0.4, 0.5) is 0 Å². The summed E-state index contributed by atoms with van der Waals surface area (Å²) < 4.78 is 13.1. The molecular weight excluding hydrogens is 513 g/mol. The highest BCUT2D eigenvalue weighted by Crippen LogP contribution is 2.54. The molecule has 1 aliphatic heterocycles. The lowest BCUT2D eigenvalue weighted by molar-refractivity contribution is 0.00578. The molecule has 6 aromatic rings. The van der Waals surface area contributed by atoms with Gasteiger partial charge in [-0.1, -0.05) is 105 Å². The maximum absolute atomic E-state index is 6.55. The molecule has 0 saturated carbocycles. The highest BCUT2D eigenvalue weighted by molar-refractivity contribution is 6.65. The van der Waals surface area contributed by atoms with Gasteiger partial charge in [0.1, 0.15) is 0 Å². The molecule has 0 atom stereocenters. The van der Waals surface area contributed by atoms with Gasteiger partial charge in [0.05, 0.1) is 22.4 Å². The molecule has 2 heterocycles. The van der Waals surface area contributed by atoms with Gasteiger partial charge in [-0.3, -0.25) is 0 Å². The summed E-state index contributed by atoms with van der Waals surface area (Å²) in [7, 11) is -0.435. The van der Waals surface area contributed by atoms with Crippen LogP contribution in [0.3, 0.4) is 0 Å². The van der Waals surface area contributed by atoms with Crippen molar-refractivity contribution >= 4 is 45.0 Å². The molecule has 0 radical (unpaired) electrons. The Morgan fingerprint density at radius 2 is 1.24 bits per heavy atom. The van der Waals surface area contributed by atoms with E-state index in [9.17, 15) is 0 Å². The monoisotopic (exact) mass is 547 g/mol. The molecule has 2 aliphatic rings. The Morgan fingerprint density at radius 1 is 0.595 bits per heavy atom. The Morgan fingerprint density at radius 3 is 2.00 bits per heavy atom. The van der Waals surface area contributed by atoms with Crippen LogP contribution in [0, 0.1) is 0 Å². The van der Waals surface area contributed by atoms with Crippen LogP contribution < -0.4 is 5.46 Å². The SMILES string of the molecule is CC1(C)c2ccccc2-c2nc3ccc4ccccc4c3c(-c3ccc(B4OC(C)(C)C(C)(C)O4)c4ccccc34)c21. The summed E-state index contributed by atoms with van der Waals surface area (Å²) in [6, 6.07) is 35.1. The Bertz CT molecular complexity index is 2080. The lowest BCUT2D eigenvalue weighted by Gasteiger charge is -2.32. The fourth-order valence-corrected chi connectivity index (χ4v) is 7.19. The van der Waals surface area contributed by atoms with E-state index in [4.69, 9.17) is 14.3 Å². The van der Waals surface area contributed by atoms with Gasteiger partial charge in [-0.05, 0) is 83.0 Å². The lowest BCUT2D eigenvalue weighted by Crippen LogP contribution is -2.41. The number of aromatic nitrogens is 1. The number of rotatable bonds is 2. The molecule has 0 spiro atoms. The number of pyridine rings is 1. The first-order valence-corrected chi connectivity index (χ1v) is 14.9. The predicted molar refractivity (Wildman–Crippen MR) is 175 cm³/mol. The van der Waals surface area contributed by atoms with E-state index in [0.29, 0.717) is 0 Å². The second-order valence-electron chi connectivity index (χ2n) is 13.4. The molecule has 1 aromatic heterocycles. The summed E-state index contributed by atoms with van der Waals surface area (Å²) in [6.45, 7) is 13.1. The first-order valence-electron chi connectivity index (χ1n) is 14.9. The first-order chi connectivity index (χ1) is 20.1. The molecule has 4 heteroatoms. The highest BCUT2D eigenvalue weighted by Gasteiger charge is 2.52. The largest absolute Gasteiger partial charge is 0.495 e. The van der Waals surface area contributed by atoms with Crippen molar-refractivity contribution in [3.05, 3.63) is 108 Å². The smallest absolute Gasteiger partial charge is 0.399 e. The third-order valence-electron chi connectivity index (χ3n) is 10.1. The minimum absolute atomic E-state index is 0.217. The van der Waals surface area contributed by atoms with Crippen LogP contribution in [0.25, 0.3) is 54.8 Å². The van der Waals surface area contributed by atoms with Crippen molar-refractivity contribution in [2.75, 3.05) is 0 Å². The summed E-state index contributed by atoms with van der Waals surface area (Å²) in [4.78, 5) is 5.38. The van der Waals surface area contributed by atoms with E-state index in [2.05, 4.69) is 139 Å². The number of hydrogen-bond donors (Lipinski definition) is 0. The van der Waals surface area contributed by atoms with Gasteiger partial charge in [0, 0.05) is 16.4 Å². The number of nitrogens with zero attached hydrogens (tertiary/aromatic N) is 1. The Kier molecular flexibility index (Phi) is 5.22. The third-order valence-corrected chi connectivity index (χ3v) is 10.1. The summed E-state index contributed by atoms with van der Waals surface area (Å²) in [6.07, 6.45) is 0. The third kappa shape index (κ3) is 3.40. The van der Waals surface area contributed by atoms with Crippen molar-refractivity contribution in [2.45, 2.75) is 58.2 Å². The van der Waals surface area contributed by atoms with Crippen LogP contribution in [-0.4, -0.2) is 23.3 Å². The van der Waals surface area contributed by atoms with E-state index < -0.39 is 18.3 Å². The molecule has 5 aromatic carbocycles. The second-order valence-corrected chi connectivity index (χ2v) is 13.4. The summed E-state index contributed by atoms with van der Waals surface area (Å²) in [5, 5.41) is 6.01.